The van der Waals surface area contributed by atoms with Crippen molar-refractivity contribution in [3.05, 3.63) is 35.4 Å². The van der Waals surface area contributed by atoms with Crippen LogP contribution in [0, 0.1) is 0 Å². The molecule has 0 aromatic heterocycles. The van der Waals surface area contributed by atoms with Crippen molar-refractivity contribution in [2.75, 3.05) is 14.2 Å². The predicted octanol–water partition coefficient (Wildman–Crippen LogP) is 2.69. The summed E-state index contributed by atoms with van der Waals surface area (Å²) in [6.07, 6.45) is 4.82. The lowest BCUT2D eigenvalue weighted by Gasteiger charge is -2.42. The van der Waals surface area contributed by atoms with E-state index in [1.807, 2.05) is 11.9 Å². The highest BCUT2D eigenvalue weighted by atomic mass is 16.5. The molecule has 0 radical (unpaired) electrons. The van der Waals surface area contributed by atoms with Gasteiger partial charge in [0, 0.05) is 6.54 Å². The van der Waals surface area contributed by atoms with E-state index in [2.05, 4.69) is 0 Å². The van der Waals surface area contributed by atoms with E-state index in [0.29, 0.717) is 6.54 Å². The van der Waals surface area contributed by atoms with Crippen molar-refractivity contribution in [1.29, 1.82) is 0 Å². The quantitative estimate of drug-likeness (QED) is 0.847. The van der Waals surface area contributed by atoms with E-state index in [4.69, 9.17) is 9.84 Å². The maximum atomic E-state index is 12.3. The van der Waals surface area contributed by atoms with Gasteiger partial charge in [-0.15, -0.1) is 0 Å². The van der Waals surface area contributed by atoms with E-state index in [9.17, 15) is 9.59 Å². The monoisotopic (exact) mass is 305 g/mol. The lowest BCUT2D eigenvalue weighted by atomic mass is 9.80. The van der Waals surface area contributed by atoms with Gasteiger partial charge < -0.3 is 9.84 Å². The topological polar surface area (TPSA) is 66.8 Å². The number of hydrogen-bond acceptors (Lipinski definition) is 4. The molecule has 1 aromatic rings. The highest BCUT2D eigenvalue weighted by Crippen LogP contribution is 2.35. The highest BCUT2D eigenvalue weighted by molar-refractivity contribution is 5.87. The summed E-state index contributed by atoms with van der Waals surface area (Å²) >= 11 is 0. The number of rotatable bonds is 5. The van der Waals surface area contributed by atoms with E-state index >= 15 is 0 Å². The molecule has 0 atom stereocenters. The number of esters is 1. The number of benzene rings is 1. The Bertz CT molecular complexity index is 532. The van der Waals surface area contributed by atoms with Crippen molar-refractivity contribution in [1.82, 2.24) is 4.90 Å². The third kappa shape index (κ3) is 3.30. The first-order valence-corrected chi connectivity index (χ1v) is 7.61. The molecule has 5 heteroatoms. The summed E-state index contributed by atoms with van der Waals surface area (Å²) in [5, 5.41) is 8.94. The van der Waals surface area contributed by atoms with Crippen LogP contribution >= 0.6 is 0 Å². The molecule has 0 amide bonds. The van der Waals surface area contributed by atoms with Crippen molar-refractivity contribution >= 4 is 11.9 Å². The number of nitrogens with zero attached hydrogens (tertiary/aromatic N) is 1. The molecule has 1 aromatic carbocycles. The number of carboxylic acid groups (broad SMARTS) is 1. The smallest absolute Gasteiger partial charge is 0.335 e. The molecule has 1 saturated carbocycles. The number of carboxylic acids is 1. The third-order valence-corrected chi connectivity index (χ3v) is 4.60. The summed E-state index contributed by atoms with van der Waals surface area (Å²) in [5.41, 5.74) is 0.700. The van der Waals surface area contributed by atoms with Crippen LogP contribution in [0.25, 0.3) is 0 Å². The Morgan fingerprint density at radius 1 is 1.18 bits per heavy atom. The summed E-state index contributed by atoms with van der Waals surface area (Å²) in [5.74, 6) is -1.10. The fourth-order valence-electron chi connectivity index (χ4n) is 3.25. The summed E-state index contributed by atoms with van der Waals surface area (Å²) in [6, 6.07) is 6.79. The van der Waals surface area contributed by atoms with Gasteiger partial charge in [-0.25, -0.2) is 4.79 Å². The van der Waals surface area contributed by atoms with Crippen molar-refractivity contribution in [3.63, 3.8) is 0 Å². The van der Waals surface area contributed by atoms with E-state index < -0.39 is 11.5 Å². The molecule has 0 aliphatic heterocycles. The van der Waals surface area contributed by atoms with Crippen molar-refractivity contribution < 1.29 is 19.4 Å². The SMILES string of the molecule is COC(=O)C1(N(C)Cc2ccc(C(=O)O)cc2)CCCCC1. The van der Waals surface area contributed by atoms with Gasteiger partial charge in [0.15, 0.2) is 0 Å². The number of ether oxygens (including phenoxy) is 1. The number of carbonyl (C=O) groups is 2. The standard InChI is InChI=1S/C17H23NO4/c1-18(12-13-6-8-14(9-7-13)15(19)20)17(16(21)22-2)10-4-3-5-11-17/h6-9H,3-5,10-12H2,1-2H3,(H,19,20). The van der Waals surface area contributed by atoms with E-state index in [-0.39, 0.29) is 11.5 Å². The molecule has 0 bridgehead atoms. The second kappa shape index (κ2) is 6.92. The van der Waals surface area contributed by atoms with Crippen LogP contribution in [0.5, 0.6) is 0 Å². The van der Waals surface area contributed by atoms with Gasteiger partial charge in [0.2, 0.25) is 0 Å². The van der Waals surface area contributed by atoms with Crippen molar-refractivity contribution in [3.8, 4) is 0 Å². The Morgan fingerprint density at radius 3 is 2.27 bits per heavy atom. The predicted molar refractivity (Wildman–Crippen MR) is 82.7 cm³/mol. The Balaban J connectivity index is 2.15. The Hall–Kier alpha value is -1.88. The molecule has 120 valence electrons. The fourth-order valence-corrected chi connectivity index (χ4v) is 3.25. The molecule has 22 heavy (non-hydrogen) atoms. The van der Waals surface area contributed by atoms with E-state index in [1.165, 1.54) is 7.11 Å². The fraction of sp³-hybridized carbons (Fsp3) is 0.529. The zero-order chi connectivity index (χ0) is 16.2. The van der Waals surface area contributed by atoms with Gasteiger partial charge >= 0.3 is 11.9 Å². The summed E-state index contributed by atoms with van der Waals surface area (Å²) < 4.78 is 5.04. The Labute approximate surface area is 130 Å². The second-order valence-electron chi connectivity index (χ2n) is 5.94. The minimum atomic E-state index is -0.932. The minimum absolute atomic E-state index is 0.170. The number of likely N-dealkylation sites (N-methyl/N-ethyl adjacent to an activating group) is 1. The van der Waals surface area contributed by atoms with Gasteiger partial charge in [-0.05, 0) is 37.6 Å². The van der Waals surface area contributed by atoms with Crippen LogP contribution in [0.2, 0.25) is 0 Å². The van der Waals surface area contributed by atoms with Gasteiger partial charge in [0.1, 0.15) is 5.54 Å². The highest BCUT2D eigenvalue weighted by Gasteiger charge is 2.44. The average Bonchev–Trinajstić information content (AvgIpc) is 2.55. The summed E-state index contributed by atoms with van der Waals surface area (Å²) in [6.45, 7) is 0.592. The van der Waals surface area contributed by atoms with Crippen LogP contribution in [-0.4, -0.2) is 41.6 Å². The first-order valence-electron chi connectivity index (χ1n) is 7.61. The zero-order valence-corrected chi connectivity index (χ0v) is 13.2. The van der Waals surface area contributed by atoms with Gasteiger partial charge in [-0.3, -0.25) is 9.69 Å². The summed E-state index contributed by atoms with van der Waals surface area (Å²) in [4.78, 5) is 25.3. The number of hydrogen-bond donors (Lipinski definition) is 1. The van der Waals surface area contributed by atoms with Gasteiger partial charge in [0.25, 0.3) is 0 Å². The maximum Gasteiger partial charge on any atom is 0.335 e. The summed E-state index contributed by atoms with van der Waals surface area (Å²) in [7, 11) is 3.38. The molecule has 0 spiro atoms. The van der Waals surface area contributed by atoms with Crippen LogP contribution < -0.4 is 0 Å². The Morgan fingerprint density at radius 2 is 1.77 bits per heavy atom. The van der Waals surface area contributed by atoms with Crippen LogP contribution in [-0.2, 0) is 16.1 Å². The zero-order valence-electron chi connectivity index (χ0n) is 13.2. The maximum absolute atomic E-state index is 12.3. The van der Waals surface area contributed by atoms with Gasteiger partial charge in [0.05, 0.1) is 12.7 Å². The van der Waals surface area contributed by atoms with Crippen molar-refractivity contribution in [2.45, 2.75) is 44.2 Å². The largest absolute Gasteiger partial charge is 0.478 e. The van der Waals surface area contributed by atoms with Crippen LogP contribution in [0.1, 0.15) is 48.0 Å². The second-order valence-corrected chi connectivity index (χ2v) is 5.94. The van der Waals surface area contributed by atoms with E-state index in [0.717, 1.165) is 37.7 Å². The molecule has 0 saturated heterocycles. The first-order chi connectivity index (χ1) is 10.5. The number of carbonyl (C=O) groups excluding carboxylic acids is 1. The minimum Gasteiger partial charge on any atom is -0.478 e. The molecule has 1 aliphatic carbocycles. The van der Waals surface area contributed by atoms with Crippen LogP contribution in [0.15, 0.2) is 24.3 Å². The lowest BCUT2D eigenvalue weighted by Crippen LogP contribution is -2.54. The molecular weight excluding hydrogens is 282 g/mol. The molecule has 0 heterocycles. The molecule has 1 aliphatic rings. The average molecular weight is 305 g/mol. The number of aromatic carboxylic acids is 1. The molecule has 1 N–H and O–H groups in total. The Kier molecular flexibility index (Phi) is 5.19. The van der Waals surface area contributed by atoms with E-state index in [1.54, 1.807) is 24.3 Å². The van der Waals surface area contributed by atoms with Gasteiger partial charge in [-0.2, -0.15) is 0 Å². The molecule has 2 rings (SSSR count). The molecular formula is C17H23NO4. The first kappa shape index (κ1) is 16.5. The number of methoxy groups -OCH3 is 1. The van der Waals surface area contributed by atoms with Crippen molar-refractivity contribution in [2.24, 2.45) is 0 Å². The molecule has 1 fully saturated rings. The lowest BCUT2D eigenvalue weighted by molar-refractivity contribution is -0.157. The molecule has 5 nitrogen and oxygen atoms in total. The van der Waals surface area contributed by atoms with Gasteiger partial charge in [-0.1, -0.05) is 31.4 Å². The normalized spacial score (nSPS) is 17.2. The third-order valence-electron chi connectivity index (χ3n) is 4.60. The van der Waals surface area contributed by atoms with Crippen LogP contribution in [0.3, 0.4) is 0 Å². The van der Waals surface area contributed by atoms with Crippen LogP contribution in [0.4, 0.5) is 0 Å². The molecule has 0 unspecified atom stereocenters.